The molecule has 0 spiro atoms. The summed E-state index contributed by atoms with van der Waals surface area (Å²) in [5, 5.41) is 0. The Morgan fingerprint density at radius 1 is 1.41 bits per heavy atom. The van der Waals surface area contributed by atoms with Crippen molar-refractivity contribution in [2.75, 3.05) is 32.7 Å². The molecule has 1 saturated heterocycles. The monoisotopic (exact) mass is 237 g/mol. The van der Waals surface area contributed by atoms with Crippen LogP contribution in [-0.2, 0) is 16.1 Å². The second kappa shape index (κ2) is 5.89. The maximum atomic E-state index is 5.77. The molecule has 17 heavy (non-hydrogen) atoms. The largest absolute Gasteiger partial charge is 0.497 e. The quantitative estimate of drug-likeness (QED) is 0.794. The molecular formula is C13H19NO3. The fraction of sp³-hybridized carbons (Fsp3) is 0.538. The summed E-state index contributed by atoms with van der Waals surface area (Å²) in [6.45, 7) is 3.00. The Morgan fingerprint density at radius 3 is 3.00 bits per heavy atom. The van der Waals surface area contributed by atoms with Crippen molar-refractivity contribution in [3.05, 3.63) is 23.8 Å². The molecule has 4 heteroatoms. The molecule has 0 amide bonds. The van der Waals surface area contributed by atoms with E-state index in [-0.39, 0.29) is 0 Å². The van der Waals surface area contributed by atoms with Crippen LogP contribution in [0.2, 0.25) is 0 Å². The average Bonchev–Trinajstić information content (AvgIpc) is 2.81. The van der Waals surface area contributed by atoms with Gasteiger partial charge >= 0.3 is 0 Å². The van der Waals surface area contributed by atoms with Crippen molar-refractivity contribution in [1.29, 1.82) is 0 Å². The van der Waals surface area contributed by atoms with E-state index in [1.165, 1.54) is 0 Å². The molecule has 4 nitrogen and oxygen atoms in total. The topological polar surface area (TPSA) is 53.7 Å². The standard InChI is InChI=1S/C13H19NO3/c1-15-13-5-11(4-12(14)6-13)9-17-8-10-2-3-16-7-10/h4-6,10H,2-3,7-9,14H2,1H3. The summed E-state index contributed by atoms with van der Waals surface area (Å²) in [6, 6.07) is 5.66. The minimum atomic E-state index is 0.540. The van der Waals surface area contributed by atoms with E-state index in [1.807, 2.05) is 12.1 Å². The molecular weight excluding hydrogens is 218 g/mol. The van der Waals surface area contributed by atoms with Crippen molar-refractivity contribution >= 4 is 5.69 Å². The fourth-order valence-electron chi connectivity index (χ4n) is 1.95. The summed E-state index contributed by atoms with van der Waals surface area (Å²) >= 11 is 0. The SMILES string of the molecule is COc1cc(N)cc(COCC2CCOC2)c1. The Morgan fingerprint density at radius 2 is 2.29 bits per heavy atom. The van der Waals surface area contributed by atoms with E-state index in [0.29, 0.717) is 18.2 Å². The van der Waals surface area contributed by atoms with Gasteiger partial charge in [-0.15, -0.1) is 0 Å². The van der Waals surface area contributed by atoms with Crippen LogP contribution in [0, 0.1) is 5.92 Å². The smallest absolute Gasteiger partial charge is 0.121 e. The number of hydrogen-bond donors (Lipinski definition) is 1. The van der Waals surface area contributed by atoms with Gasteiger partial charge in [-0.3, -0.25) is 0 Å². The molecule has 0 saturated carbocycles. The molecule has 0 bridgehead atoms. The molecule has 1 aromatic carbocycles. The first-order valence-electron chi connectivity index (χ1n) is 5.87. The third kappa shape index (κ3) is 3.61. The molecule has 0 aromatic heterocycles. The molecule has 1 heterocycles. The molecule has 1 fully saturated rings. The number of rotatable bonds is 5. The van der Waals surface area contributed by atoms with E-state index < -0.39 is 0 Å². The summed E-state index contributed by atoms with van der Waals surface area (Å²) in [5.41, 5.74) is 7.52. The summed E-state index contributed by atoms with van der Waals surface area (Å²) in [6.07, 6.45) is 1.10. The van der Waals surface area contributed by atoms with Crippen LogP contribution in [-0.4, -0.2) is 26.9 Å². The molecule has 1 unspecified atom stereocenters. The Labute approximate surface area is 102 Å². The Hall–Kier alpha value is -1.26. The number of hydrogen-bond acceptors (Lipinski definition) is 4. The third-order valence-corrected chi connectivity index (χ3v) is 2.87. The minimum absolute atomic E-state index is 0.540. The Bertz CT molecular complexity index is 362. The van der Waals surface area contributed by atoms with Crippen LogP contribution in [0.25, 0.3) is 0 Å². The van der Waals surface area contributed by atoms with Gasteiger partial charge in [0.1, 0.15) is 5.75 Å². The van der Waals surface area contributed by atoms with Crippen LogP contribution in [0.1, 0.15) is 12.0 Å². The number of nitrogens with two attached hydrogens (primary N) is 1. The zero-order valence-electron chi connectivity index (χ0n) is 10.1. The van der Waals surface area contributed by atoms with E-state index in [4.69, 9.17) is 19.9 Å². The minimum Gasteiger partial charge on any atom is -0.497 e. The van der Waals surface area contributed by atoms with Crippen LogP contribution >= 0.6 is 0 Å². The van der Waals surface area contributed by atoms with Gasteiger partial charge in [-0.25, -0.2) is 0 Å². The molecule has 0 radical (unpaired) electrons. The van der Waals surface area contributed by atoms with Crippen LogP contribution in [0.5, 0.6) is 5.75 Å². The van der Waals surface area contributed by atoms with Crippen molar-refractivity contribution in [1.82, 2.24) is 0 Å². The van der Waals surface area contributed by atoms with Gasteiger partial charge < -0.3 is 19.9 Å². The highest BCUT2D eigenvalue weighted by Crippen LogP contribution is 2.20. The lowest BCUT2D eigenvalue weighted by Gasteiger charge is -2.10. The predicted octanol–water partition coefficient (Wildman–Crippen LogP) is 1.83. The average molecular weight is 237 g/mol. The summed E-state index contributed by atoms with van der Waals surface area (Å²) in [4.78, 5) is 0. The molecule has 94 valence electrons. The molecule has 1 aliphatic heterocycles. The summed E-state index contributed by atoms with van der Waals surface area (Å²) < 4.78 is 16.1. The van der Waals surface area contributed by atoms with E-state index in [9.17, 15) is 0 Å². The van der Waals surface area contributed by atoms with Gasteiger partial charge in [-0.2, -0.15) is 0 Å². The van der Waals surface area contributed by atoms with E-state index >= 15 is 0 Å². The van der Waals surface area contributed by atoms with Gasteiger partial charge in [0.15, 0.2) is 0 Å². The number of nitrogen functional groups attached to an aromatic ring is 1. The van der Waals surface area contributed by atoms with Gasteiger partial charge in [0.05, 0.1) is 26.9 Å². The van der Waals surface area contributed by atoms with Crippen molar-refractivity contribution in [2.45, 2.75) is 13.0 Å². The predicted molar refractivity (Wildman–Crippen MR) is 66.0 cm³/mol. The lowest BCUT2D eigenvalue weighted by atomic mass is 10.1. The van der Waals surface area contributed by atoms with Gasteiger partial charge in [0.25, 0.3) is 0 Å². The first kappa shape index (κ1) is 12.2. The molecule has 1 aromatic rings. The maximum absolute atomic E-state index is 5.77. The van der Waals surface area contributed by atoms with E-state index in [1.54, 1.807) is 13.2 Å². The van der Waals surface area contributed by atoms with Crippen molar-refractivity contribution in [3.8, 4) is 5.75 Å². The first-order valence-corrected chi connectivity index (χ1v) is 5.87. The van der Waals surface area contributed by atoms with Crippen LogP contribution < -0.4 is 10.5 Å². The zero-order chi connectivity index (χ0) is 12.1. The fourth-order valence-corrected chi connectivity index (χ4v) is 1.95. The van der Waals surface area contributed by atoms with Crippen LogP contribution in [0.4, 0.5) is 5.69 Å². The highest BCUT2D eigenvalue weighted by molar-refractivity contribution is 5.47. The highest BCUT2D eigenvalue weighted by atomic mass is 16.5. The van der Waals surface area contributed by atoms with E-state index in [0.717, 1.165) is 37.6 Å². The summed E-state index contributed by atoms with van der Waals surface area (Å²) in [5.74, 6) is 1.31. The molecule has 2 rings (SSSR count). The highest BCUT2D eigenvalue weighted by Gasteiger charge is 2.15. The second-order valence-corrected chi connectivity index (χ2v) is 4.36. The van der Waals surface area contributed by atoms with Crippen molar-refractivity contribution in [3.63, 3.8) is 0 Å². The van der Waals surface area contributed by atoms with Crippen LogP contribution in [0.3, 0.4) is 0 Å². The lowest BCUT2D eigenvalue weighted by molar-refractivity contribution is 0.0791. The Kier molecular flexibility index (Phi) is 4.23. The van der Waals surface area contributed by atoms with Crippen molar-refractivity contribution < 1.29 is 14.2 Å². The van der Waals surface area contributed by atoms with Gasteiger partial charge in [0, 0.05) is 24.3 Å². The van der Waals surface area contributed by atoms with Gasteiger partial charge in [-0.05, 0) is 24.1 Å². The lowest BCUT2D eigenvalue weighted by Crippen LogP contribution is -2.09. The second-order valence-electron chi connectivity index (χ2n) is 4.36. The zero-order valence-corrected chi connectivity index (χ0v) is 10.1. The molecule has 1 atom stereocenters. The molecule has 1 aliphatic rings. The third-order valence-electron chi connectivity index (χ3n) is 2.87. The number of benzene rings is 1. The van der Waals surface area contributed by atoms with Gasteiger partial charge in [-0.1, -0.05) is 0 Å². The Balaban J connectivity index is 1.83. The number of methoxy groups -OCH3 is 1. The summed E-state index contributed by atoms with van der Waals surface area (Å²) in [7, 11) is 1.63. The van der Waals surface area contributed by atoms with Crippen LogP contribution in [0.15, 0.2) is 18.2 Å². The normalized spacial score (nSPS) is 19.5. The molecule has 0 aliphatic carbocycles. The molecule has 2 N–H and O–H groups in total. The van der Waals surface area contributed by atoms with Crippen molar-refractivity contribution in [2.24, 2.45) is 5.92 Å². The first-order chi connectivity index (χ1) is 8.28. The number of anilines is 1. The maximum Gasteiger partial charge on any atom is 0.121 e. The van der Waals surface area contributed by atoms with E-state index in [2.05, 4.69) is 0 Å². The van der Waals surface area contributed by atoms with Gasteiger partial charge in [0.2, 0.25) is 0 Å². The number of ether oxygens (including phenoxy) is 3.